The molecule has 2 aliphatic heterocycles. The maximum absolute atomic E-state index is 14.6. The van der Waals surface area contributed by atoms with Gasteiger partial charge in [0.25, 0.3) is 0 Å². The zero-order valence-corrected chi connectivity index (χ0v) is 35.2. The number of carboxylic acids is 1. The molecule has 0 unspecified atom stereocenters. The van der Waals surface area contributed by atoms with E-state index >= 15 is 0 Å². The lowest BCUT2D eigenvalue weighted by Crippen LogP contribution is -2.56. The highest BCUT2D eigenvalue weighted by Gasteiger charge is 2.61. The smallest absolute Gasteiger partial charge is 0.408 e. The number of rotatable bonds is 9. The van der Waals surface area contributed by atoms with Gasteiger partial charge in [0, 0.05) is 35.1 Å². The van der Waals surface area contributed by atoms with Crippen LogP contribution in [0.1, 0.15) is 84.5 Å². The quantitative estimate of drug-likeness (QED) is 0.169. The fourth-order valence-electron chi connectivity index (χ4n) is 7.95. The summed E-state index contributed by atoms with van der Waals surface area (Å²) in [5, 5.41) is 21.5. The van der Waals surface area contributed by atoms with Gasteiger partial charge in [0.2, 0.25) is 17.7 Å². The molecule has 2 aliphatic carbocycles. The molecular weight excluding hydrogens is 832 g/mol. The number of aromatic nitrogens is 2. The van der Waals surface area contributed by atoms with Crippen molar-refractivity contribution in [2.45, 2.75) is 114 Å². The van der Waals surface area contributed by atoms with Crippen molar-refractivity contribution in [1.82, 2.24) is 25.5 Å². The van der Waals surface area contributed by atoms with Gasteiger partial charge in [-0.3, -0.25) is 14.4 Å². The molecular formula is C41H49BrN6O9S. The summed E-state index contributed by atoms with van der Waals surface area (Å²) in [7, 11) is 1.55. The maximum atomic E-state index is 14.6. The highest BCUT2D eigenvalue weighted by molar-refractivity contribution is 9.10. The van der Waals surface area contributed by atoms with E-state index in [0.29, 0.717) is 56.2 Å². The average molecular weight is 882 g/mol. The van der Waals surface area contributed by atoms with Crippen molar-refractivity contribution in [3.8, 4) is 22.9 Å². The zero-order valence-electron chi connectivity index (χ0n) is 32.8. The molecule has 2 aromatic heterocycles. The molecule has 3 aromatic rings. The highest BCUT2D eigenvalue weighted by atomic mass is 79.9. The summed E-state index contributed by atoms with van der Waals surface area (Å²) in [4.78, 5) is 77.9. The number of aliphatic carboxylic acids is 1. The molecule has 1 aromatic carbocycles. The van der Waals surface area contributed by atoms with E-state index in [1.807, 2.05) is 12.2 Å². The van der Waals surface area contributed by atoms with E-state index in [0.717, 1.165) is 44.9 Å². The largest absolute Gasteiger partial charge is 0.495 e. The lowest BCUT2D eigenvalue weighted by molar-refractivity contribution is -0.145. The topological polar surface area (TPSA) is 198 Å². The lowest BCUT2D eigenvalue weighted by atomic mass is 10.0. The van der Waals surface area contributed by atoms with Gasteiger partial charge in [-0.05, 0) is 79.4 Å². The molecule has 5 atom stereocenters. The molecule has 1 saturated heterocycles. The predicted molar refractivity (Wildman–Crippen MR) is 220 cm³/mol. The molecule has 15 nitrogen and oxygen atoms in total. The molecule has 17 heteroatoms. The predicted octanol–water partition coefficient (Wildman–Crippen LogP) is 6.59. The number of nitrogens with zero attached hydrogens (tertiary/aromatic N) is 3. The van der Waals surface area contributed by atoms with Crippen LogP contribution in [0.15, 0.2) is 40.2 Å². The molecule has 4 amide bonds. The van der Waals surface area contributed by atoms with Gasteiger partial charge in [0.1, 0.15) is 47.0 Å². The van der Waals surface area contributed by atoms with Crippen LogP contribution >= 0.6 is 27.3 Å². The van der Waals surface area contributed by atoms with Crippen molar-refractivity contribution >= 4 is 73.1 Å². The van der Waals surface area contributed by atoms with Crippen LogP contribution in [-0.4, -0.2) is 93.2 Å². The second-order valence-electron chi connectivity index (χ2n) is 15.8. The van der Waals surface area contributed by atoms with Crippen LogP contribution in [0, 0.1) is 11.8 Å². The molecule has 4 heterocycles. The van der Waals surface area contributed by atoms with Crippen LogP contribution in [-0.2, 0) is 23.9 Å². The molecule has 0 spiro atoms. The highest BCUT2D eigenvalue weighted by Crippen LogP contribution is 2.46. The fraction of sp³-hybridized carbons (Fsp3) is 0.537. The number of carbonyl (C=O) groups is 5. The van der Waals surface area contributed by atoms with E-state index in [1.165, 1.54) is 16.2 Å². The van der Waals surface area contributed by atoms with Crippen molar-refractivity contribution in [1.29, 1.82) is 0 Å². The number of fused-ring (bicyclic) bond motifs is 3. The zero-order chi connectivity index (χ0) is 41.1. The summed E-state index contributed by atoms with van der Waals surface area (Å²) in [6.45, 7) is 3.57. The number of hydrogen-bond acceptors (Lipinski definition) is 11. The Morgan fingerprint density at radius 3 is 2.55 bits per heavy atom. The van der Waals surface area contributed by atoms with E-state index in [4.69, 9.17) is 19.2 Å². The number of allylic oxidation sites excluding steroid dienone is 1. The summed E-state index contributed by atoms with van der Waals surface area (Å²) in [6, 6.07) is 3.24. The first-order chi connectivity index (χ1) is 27.9. The number of ether oxygens (including phenoxy) is 3. The van der Waals surface area contributed by atoms with Gasteiger partial charge in [0.15, 0.2) is 5.13 Å². The molecule has 58 heavy (non-hydrogen) atoms. The molecule has 7 rings (SSSR count). The van der Waals surface area contributed by atoms with E-state index in [1.54, 1.807) is 44.5 Å². The van der Waals surface area contributed by atoms with Gasteiger partial charge >= 0.3 is 12.1 Å². The molecule has 4 aliphatic rings. The summed E-state index contributed by atoms with van der Waals surface area (Å²) in [6.07, 6.45) is 9.32. The number of pyridine rings is 1. The number of halogens is 1. The number of nitrogens with one attached hydrogen (secondary N) is 3. The standard InChI is InChI=1S/C41H49BrN6O9S/c1-22(2)35(49)46-39-44-29(21-58-39)28-18-32(26-15-16-31(55-3)33(42)34(26)43-28)56-25-17-30-36(50)47-41(38(52)53)19-23(41)11-7-5-4-6-8-14-27(37(51)48(30)20-25)45-40(54)57-24-12-9-10-13-24/h7,11,15-16,18,21-25,27,30H,4-6,8-10,12-14,17,19-20H2,1-3H3,(H,45,54)(H,47,50)(H,52,53)(H,44,46,49)/b11-7-/t23-,25-,27+,30+,41-/m1/s1. The van der Waals surface area contributed by atoms with E-state index in [9.17, 15) is 29.1 Å². The number of carbonyl (C=O) groups excluding carboxylic acids is 4. The van der Waals surface area contributed by atoms with Crippen LogP contribution in [0.25, 0.3) is 22.3 Å². The van der Waals surface area contributed by atoms with Gasteiger partial charge in [-0.15, -0.1) is 11.3 Å². The SMILES string of the molecule is COc1ccc2c(O[C@@H]3C[C@H]4C(=O)N[C@]5(C(=O)O)C[C@H]5/C=C\CCCCC[C@H](NC(=O)OC5CCCC5)C(=O)N4C3)cc(-c3csc(NC(=O)C(C)C)n3)nc2c1Br. The van der Waals surface area contributed by atoms with Gasteiger partial charge in [-0.1, -0.05) is 38.8 Å². The Balaban J connectivity index is 1.21. The summed E-state index contributed by atoms with van der Waals surface area (Å²) in [5.74, 6) is -2.06. The Morgan fingerprint density at radius 1 is 1.03 bits per heavy atom. The fourth-order valence-corrected chi connectivity index (χ4v) is 9.26. The van der Waals surface area contributed by atoms with E-state index in [-0.39, 0.29) is 43.2 Å². The number of anilines is 1. The van der Waals surface area contributed by atoms with Gasteiger partial charge in [0.05, 0.1) is 29.3 Å². The number of amides is 4. The van der Waals surface area contributed by atoms with E-state index < -0.39 is 47.6 Å². The van der Waals surface area contributed by atoms with Crippen LogP contribution in [0.2, 0.25) is 0 Å². The Labute approximate surface area is 348 Å². The first-order valence-electron chi connectivity index (χ1n) is 20.0. The van der Waals surface area contributed by atoms with Gasteiger partial charge < -0.3 is 40.2 Å². The molecule has 310 valence electrons. The summed E-state index contributed by atoms with van der Waals surface area (Å²) in [5.41, 5.74) is -0.0342. The van der Waals surface area contributed by atoms with E-state index in [2.05, 4.69) is 36.9 Å². The number of carboxylic acid groups (broad SMARTS) is 1. The van der Waals surface area contributed by atoms with Crippen LogP contribution in [0.5, 0.6) is 11.5 Å². The average Bonchev–Trinajstić information content (AvgIpc) is 3.62. The number of hydrogen-bond donors (Lipinski definition) is 4. The van der Waals surface area contributed by atoms with Crippen LogP contribution < -0.4 is 25.4 Å². The van der Waals surface area contributed by atoms with Gasteiger partial charge in [-0.25, -0.2) is 19.6 Å². The Kier molecular flexibility index (Phi) is 12.6. The van der Waals surface area contributed by atoms with Crippen molar-refractivity contribution < 1.29 is 43.3 Å². The number of thiazole rings is 1. The second-order valence-corrected chi connectivity index (χ2v) is 17.4. The molecule has 0 bridgehead atoms. The first kappa shape index (κ1) is 41.4. The minimum absolute atomic E-state index is 0.0191. The summed E-state index contributed by atoms with van der Waals surface area (Å²) < 4.78 is 18.5. The normalized spacial score (nSPS) is 25.8. The number of benzene rings is 1. The van der Waals surface area contributed by atoms with Gasteiger partial charge in [-0.2, -0.15) is 0 Å². The minimum Gasteiger partial charge on any atom is -0.495 e. The van der Waals surface area contributed by atoms with Crippen LogP contribution in [0.4, 0.5) is 9.93 Å². The third-order valence-electron chi connectivity index (χ3n) is 11.4. The minimum atomic E-state index is -1.48. The van der Waals surface area contributed by atoms with Crippen molar-refractivity contribution in [3.05, 3.63) is 40.2 Å². The molecule has 0 radical (unpaired) electrons. The Hall–Kier alpha value is -4.77. The second kappa shape index (κ2) is 17.6. The third kappa shape index (κ3) is 8.94. The molecule has 4 N–H and O–H groups in total. The number of methoxy groups -OCH3 is 1. The van der Waals surface area contributed by atoms with Crippen molar-refractivity contribution in [2.75, 3.05) is 19.0 Å². The Bertz CT molecular complexity index is 2100. The third-order valence-corrected chi connectivity index (χ3v) is 12.9. The monoisotopic (exact) mass is 880 g/mol. The maximum Gasteiger partial charge on any atom is 0.408 e. The van der Waals surface area contributed by atoms with Crippen molar-refractivity contribution in [3.63, 3.8) is 0 Å². The Morgan fingerprint density at radius 2 is 1.81 bits per heavy atom. The van der Waals surface area contributed by atoms with Crippen molar-refractivity contribution in [2.24, 2.45) is 11.8 Å². The summed E-state index contributed by atoms with van der Waals surface area (Å²) >= 11 is 4.89. The molecule has 2 saturated carbocycles. The van der Waals surface area contributed by atoms with Crippen LogP contribution in [0.3, 0.4) is 0 Å². The number of alkyl carbamates (subject to hydrolysis) is 1. The molecule has 3 fully saturated rings. The lowest BCUT2D eigenvalue weighted by Gasteiger charge is -2.29. The first-order valence-corrected chi connectivity index (χ1v) is 21.6.